The zero-order valence-electron chi connectivity index (χ0n) is 12.2. The molecule has 0 spiro atoms. The Balaban J connectivity index is 1.67. The van der Waals surface area contributed by atoms with Gasteiger partial charge in [-0.2, -0.15) is 0 Å². The summed E-state index contributed by atoms with van der Waals surface area (Å²) in [5, 5.41) is 11.8. The fourth-order valence-electron chi connectivity index (χ4n) is 3.29. The number of ether oxygens (including phenoxy) is 2. The molecule has 2 aliphatic heterocycles. The third-order valence-electron chi connectivity index (χ3n) is 4.22. The number of carboxylic acid groups (broad SMARTS) is 1. The van der Waals surface area contributed by atoms with Crippen molar-refractivity contribution in [1.82, 2.24) is 0 Å². The highest BCUT2D eigenvalue weighted by Crippen LogP contribution is 2.44. The molecule has 3 rings (SSSR count). The number of carbonyl (C=O) groups is 2. The van der Waals surface area contributed by atoms with Gasteiger partial charge in [0.2, 0.25) is 5.91 Å². The molecule has 2 fully saturated rings. The van der Waals surface area contributed by atoms with Gasteiger partial charge in [0.25, 0.3) is 0 Å². The van der Waals surface area contributed by atoms with Crippen molar-refractivity contribution in [3.8, 4) is 5.75 Å². The number of hydrogen-bond acceptors (Lipinski definition) is 4. The number of alkyl halides is 3. The topological polar surface area (TPSA) is 84.9 Å². The summed E-state index contributed by atoms with van der Waals surface area (Å²) in [4.78, 5) is 23.7. The summed E-state index contributed by atoms with van der Waals surface area (Å²) >= 11 is 0. The zero-order chi connectivity index (χ0) is 17.5. The third-order valence-corrected chi connectivity index (χ3v) is 4.22. The molecule has 24 heavy (non-hydrogen) atoms. The highest BCUT2D eigenvalue weighted by molar-refractivity contribution is 5.96. The molecule has 4 atom stereocenters. The fraction of sp³-hybridized carbons (Fsp3) is 0.467. The molecule has 0 saturated carbocycles. The maximum absolute atomic E-state index is 12.4. The first kappa shape index (κ1) is 16.6. The lowest BCUT2D eigenvalue weighted by Gasteiger charge is -2.23. The Morgan fingerprint density at radius 1 is 1.12 bits per heavy atom. The van der Waals surface area contributed by atoms with Crippen LogP contribution in [-0.4, -0.2) is 35.6 Å². The van der Waals surface area contributed by atoms with E-state index in [4.69, 9.17) is 4.74 Å². The summed E-state index contributed by atoms with van der Waals surface area (Å²) in [6.07, 6.45) is -4.48. The third kappa shape index (κ3) is 3.30. The number of rotatable bonds is 4. The first-order valence-electron chi connectivity index (χ1n) is 7.29. The molecule has 0 aliphatic carbocycles. The second-order valence-electron chi connectivity index (χ2n) is 5.74. The Kier molecular flexibility index (Phi) is 4.12. The summed E-state index contributed by atoms with van der Waals surface area (Å²) in [7, 11) is 0. The SMILES string of the molecule is O=C(Nc1ccc(OC(F)(F)F)cc1)[C@@H]1[C@H](C(=O)O)[C@H]2CC[C@H]1O2. The molecule has 130 valence electrons. The molecule has 2 bridgehead atoms. The van der Waals surface area contributed by atoms with Crippen LogP contribution >= 0.6 is 0 Å². The second kappa shape index (κ2) is 5.97. The van der Waals surface area contributed by atoms with Gasteiger partial charge in [-0.3, -0.25) is 9.59 Å². The standard InChI is InChI=1S/C15H14F3NO5/c16-15(17,18)24-8-3-1-7(2-4-8)19-13(20)11-9-5-6-10(23-9)12(11)14(21)22/h1-4,9-12H,5-6H2,(H,19,20)(H,21,22)/t9-,10-,11+,12-/m1/s1. The molecule has 1 aromatic carbocycles. The maximum Gasteiger partial charge on any atom is 0.573 e. The summed E-state index contributed by atoms with van der Waals surface area (Å²) in [5.41, 5.74) is 0.251. The number of carboxylic acids is 1. The van der Waals surface area contributed by atoms with Crippen LogP contribution in [0.3, 0.4) is 0 Å². The average Bonchev–Trinajstić information content (AvgIpc) is 3.08. The lowest BCUT2D eigenvalue weighted by atomic mass is 9.78. The maximum atomic E-state index is 12.4. The number of amides is 1. The first-order chi connectivity index (χ1) is 11.2. The van der Waals surface area contributed by atoms with E-state index in [2.05, 4.69) is 10.1 Å². The van der Waals surface area contributed by atoms with Gasteiger partial charge in [0.1, 0.15) is 5.75 Å². The summed E-state index contributed by atoms with van der Waals surface area (Å²) in [6.45, 7) is 0. The van der Waals surface area contributed by atoms with Crippen molar-refractivity contribution in [2.75, 3.05) is 5.32 Å². The van der Waals surface area contributed by atoms with Crippen molar-refractivity contribution in [1.29, 1.82) is 0 Å². The minimum Gasteiger partial charge on any atom is -0.481 e. The Morgan fingerprint density at radius 2 is 1.71 bits per heavy atom. The van der Waals surface area contributed by atoms with Crippen molar-refractivity contribution in [3.05, 3.63) is 24.3 Å². The van der Waals surface area contributed by atoms with Crippen LogP contribution in [-0.2, 0) is 14.3 Å². The molecule has 0 unspecified atom stereocenters. The van der Waals surface area contributed by atoms with Gasteiger partial charge in [-0.25, -0.2) is 0 Å². The molecular weight excluding hydrogens is 331 g/mol. The average molecular weight is 345 g/mol. The molecule has 2 heterocycles. The van der Waals surface area contributed by atoms with Crippen molar-refractivity contribution in [2.45, 2.75) is 31.4 Å². The molecule has 2 saturated heterocycles. The second-order valence-corrected chi connectivity index (χ2v) is 5.74. The van der Waals surface area contributed by atoms with E-state index in [0.29, 0.717) is 12.8 Å². The smallest absolute Gasteiger partial charge is 0.481 e. The van der Waals surface area contributed by atoms with Gasteiger partial charge in [-0.1, -0.05) is 0 Å². The normalized spacial score (nSPS) is 28.6. The molecule has 2 aliphatic rings. The summed E-state index contributed by atoms with van der Waals surface area (Å²) in [6, 6.07) is 4.63. The van der Waals surface area contributed by atoms with Crippen LogP contribution < -0.4 is 10.1 Å². The number of fused-ring (bicyclic) bond motifs is 2. The van der Waals surface area contributed by atoms with Crippen molar-refractivity contribution >= 4 is 17.6 Å². The molecule has 1 amide bonds. The number of carbonyl (C=O) groups excluding carboxylic acids is 1. The van der Waals surface area contributed by atoms with Crippen LogP contribution in [0.25, 0.3) is 0 Å². The fourth-order valence-corrected chi connectivity index (χ4v) is 3.29. The van der Waals surface area contributed by atoms with Gasteiger partial charge in [-0.05, 0) is 37.1 Å². The molecule has 6 nitrogen and oxygen atoms in total. The van der Waals surface area contributed by atoms with Crippen LogP contribution in [0, 0.1) is 11.8 Å². The predicted octanol–water partition coefficient (Wildman–Crippen LogP) is 2.40. The van der Waals surface area contributed by atoms with E-state index >= 15 is 0 Å². The molecule has 0 aromatic heterocycles. The quantitative estimate of drug-likeness (QED) is 0.875. The number of benzene rings is 1. The van der Waals surface area contributed by atoms with E-state index in [9.17, 15) is 27.9 Å². The van der Waals surface area contributed by atoms with E-state index in [1.165, 1.54) is 12.1 Å². The van der Waals surface area contributed by atoms with Crippen LogP contribution in [0.2, 0.25) is 0 Å². The zero-order valence-corrected chi connectivity index (χ0v) is 12.2. The van der Waals surface area contributed by atoms with Gasteiger partial charge in [0, 0.05) is 5.69 Å². The van der Waals surface area contributed by atoms with Gasteiger partial charge in [-0.15, -0.1) is 13.2 Å². The molecule has 0 radical (unpaired) electrons. The molecule has 1 aromatic rings. The lowest BCUT2D eigenvalue weighted by Crippen LogP contribution is -2.40. The lowest BCUT2D eigenvalue weighted by molar-refractivity contribution is -0.274. The van der Waals surface area contributed by atoms with Crippen molar-refractivity contribution < 1.29 is 37.3 Å². The number of anilines is 1. The molecular formula is C15H14F3NO5. The Morgan fingerprint density at radius 3 is 2.25 bits per heavy atom. The van der Waals surface area contributed by atoms with Crippen molar-refractivity contribution in [3.63, 3.8) is 0 Å². The van der Waals surface area contributed by atoms with E-state index in [1.807, 2.05) is 0 Å². The van der Waals surface area contributed by atoms with Crippen molar-refractivity contribution in [2.24, 2.45) is 11.8 Å². The summed E-state index contributed by atoms with van der Waals surface area (Å²) < 4.78 is 45.5. The minimum absolute atomic E-state index is 0.251. The number of nitrogens with one attached hydrogen (secondary N) is 1. The van der Waals surface area contributed by atoms with Gasteiger partial charge >= 0.3 is 12.3 Å². The predicted molar refractivity (Wildman–Crippen MR) is 74.3 cm³/mol. The largest absolute Gasteiger partial charge is 0.573 e. The first-order valence-corrected chi connectivity index (χ1v) is 7.29. The van der Waals surface area contributed by atoms with Crippen LogP contribution in [0.1, 0.15) is 12.8 Å². The highest BCUT2D eigenvalue weighted by Gasteiger charge is 2.55. The highest BCUT2D eigenvalue weighted by atomic mass is 19.4. The number of halogens is 3. The van der Waals surface area contributed by atoms with Gasteiger partial charge < -0.3 is 19.9 Å². The Labute approximate surface area is 134 Å². The van der Waals surface area contributed by atoms with Crippen LogP contribution in [0.5, 0.6) is 5.75 Å². The minimum atomic E-state index is -4.79. The van der Waals surface area contributed by atoms with Gasteiger partial charge in [0.05, 0.1) is 24.0 Å². The van der Waals surface area contributed by atoms with Crippen LogP contribution in [0.15, 0.2) is 24.3 Å². The van der Waals surface area contributed by atoms with E-state index in [1.54, 1.807) is 0 Å². The molecule has 2 N–H and O–H groups in total. The Bertz CT molecular complexity index is 646. The van der Waals surface area contributed by atoms with E-state index < -0.39 is 48.0 Å². The number of hydrogen-bond donors (Lipinski definition) is 2. The number of aliphatic carboxylic acids is 1. The monoisotopic (exact) mass is 345 g/mol. The van der Waals surface area contributed by atoms with E-state index in [0.717, 1.165) is 12.1 Å². The summed E-state index contributed by atoms with van der Waals surface area (Å²) in [5.74, 6) is -3.73. The Hall–Kier alpha value is -2.29. The van der Waals surface area contributed by atoms with E-state index in [-0.39, 0.29) is 5.69 Å². The van der Waals surface area contributed by atoms with Crippen LogP contribution in [0.4, 0.5) is 18.9 Å². The van der Waals surface area contributed by atoms with Gasteiger partial charge in [0.15, 0.2) is 0 Å². The molecule has 9 heteroatoms.